The zero-order chi connectivity index (χ0) is 25.7. The van der Waals surface area contributed by atoms with Gasteiger partial charge >= 0.3 is 18.3 Å². The molecule has 1 unspecified atom stereocenters. The first kappa shape index (κ1) is 24.4. The minimum absolute atomic E-state index is 0.105. The van der Waals surface area contributed by atoms with Crippen LogP contribution < -0.4 is 10.6 Å². The Hall–Kier alpha value is -3.68. The Morgan fingerprint density at radius 1 is 1.00 bits per heavy atom. The second-order valence-electron chi connectivity index (χ2n) is 7.66. The molecule has 2 atom stereocenters. The molecular weight excluding hydrogens is 491 g/mol. The molecule has 0 radical (unpaired) electrons. The van der Waals surface area contributed by atoms with Gasteiger partial charge in [-0.3, -0.25) is 14.9 Å². The second-order valence-corrected chi connectivity index (χ2v) is 7.66. The summed E-state index contributed by atoms with van der Waals surface area (Å²) in [6.45, 7) is -0.304. The number of nitrogens with one attached hydrogen (secondary N) is 2. The summed E-state index contributed by atoms with van der Waals surface area (Å²) in [7, 11) is 0. The Labute approximate surface area is 191 Å². The summed E-state index contributed by atoms with van der Waals surface area (Å²) < 4.78 is 96.0. The molecule has 4 rings (SSSR count). The fourth-order valence-electron chi connectivity index (χ4n) is 3.82. The van der Waals surface area contributed by atoms with Gasteiger partial charge in [0.1, 0.15) is 5.82 Å². The number of anilines is 1. The monoisotopic (exact) mass is 505 g/mol. The van der Waals surface area contributed by atoms with E-state index in [0.29, 0.717) is 18.2 Å². The molecule has 0 aromatic heterocycles. The van der Waals surface area contributed by atoms with Crippen LogP contribution in [0.2, 0.25) is 0 Å². The number of alkyl halides is 6. The van der Waals surface area contributed by atoms with Crippen molar-refractivity contribution >= 4 is 23.5 Å². The lowest BCUT2D eigenvalue weighted by atomic mass is 9.98. The van der Waals surface area contributed by atoms with Crippen LogP contribution in [0.1, 0.15) is 15.9 Å². The molecule has 2 aliphatic heterocycles. The van der Waals surface area contributed by atoms with E-state index in [-0.39, 0.29) is 29.9 Å². The molecular formula is C21H14F7N3O4. The molecule has 0 saturated carbocycles. The van der Waals surface area contributed by atoms with Crippen LogP contribution in [-0.4, -0.2) is 54.2 Å². The Kier molecular flexibility index (Phi) is 5.95. The van der Waals surface area contributed by atoms with Crippen LogP contribution >= 0.6 is 0 Å². The van der Waals surface area contributed by atoms with Crippen LogP contribution in [-0.2, 0) is 20.5 Å². The zero-order valence-electron chi connectivity index (χ0n) is 17.3. The highest BCUT2D eigenvalue weighted by molar-refractivity contribution is 6.11. The first-order valence-corrected chi connectivity index (χ1v) is 9.91. The Balaban J connectivity index is 1.71. The molecule has 186 valence electrons. The molecule has 1 fully saturated rings. The molecule has 0 bridgehead atoms. The lowest BCUT2D eigenvalue weighted by molar-refractivity contribution is -0.210. The Morgan fingerprint density at radius 2 is 1.71 bits per heavy atom. The molecule has 2 N–H and O–H groups in total. The van der Waals surface area contributed by atoms with E-state index in [9.17, 15) is 45.1 Å². The van der Waals surface area contributed by atoms with E-state index in [1.54, 1.807) is 0 Å². The van der Waals surface area contributed by atoms with Crippen molar-refractivity contribution < 1.29 is 49.9 Å². The summed E-state index contributed by atoms with van der Waals surface area (Å²) in [6, 6.07) is 3.47. The van der Waals surface area contributed by atoms with E-state index in [2.05, 4.69) is 15.4 Å². The van der Waals surface area contributed by atoms with Crippen LogP contribution in [0.5, 0.6) is 0 Å². The Morgan fingerprint density at radius 3 is 2.37 bits per heavy atom. The van der Waals surface area contributed by atoms with Gasteiger partial charge in [-0.15, -0.1) is 0 Å². The summed E-state index contributed by atoms with van der Waals surface area (Å²) in [5, 5.41) is 4.77. The number of carbonyl (C=O) groups is 3. The highest BCUT2D eigenvalue weighted by Crippen LogP contribution is 2.36. The lowest BCUT2D eigenvalue weighted by Crippen LogP contribution is -2.64. The first-order chi connectivity index (χ1) is 16.3. The van der Waals surface area contributed by atoms with Crippen LogP contribution in [0.4, 0.5) is 36.4 Å². The van der Waals surface area contributed by atoms with Gasteiger partial charge in [-0.05, 0) is 35.9 Å². The van der Waals surface area contributed by atoms with Crippen molar-refractivity contribution in [3.63, 3.8) is 0 Å². The molecule has 2 aromatic rings. The number of hydrogen-bond donors (Lipinski definition) is 2. The highest BCUT2D eigenvalue weighted by atomic mass is 19.4. The molecule has 2 aliphatic rings. The largest absolute Gasteiger partial charge is 0.490 e. The first-order valence-electron chi connectivity index (χ1n) is 9.91. The smallest absolute Gasteiger partial charge is 0.437 e. The van der Waals surface area contributed by atoms with Gasteiger partial charge in [-0.1, -0.05) is 6.07 Å². The van der Waals surface area contributed by atoms with Crippen molar-refractivity contribution in [1.82, 2.24) is 10.2 Å². The molecule has 0 aliphatic carbocycles. The maximum absolute atomic E-state index is 14.4. The van der Waals surface area contributed by atoms with Crippen molar-refractivity contribution in [2.45, 2.75) is 24.6 Å². The number of nitrogens with zero attached hydrogens (tertiary/aromatic N) is 1. The molecule has 2 aromatic carbocycles. The number of rotatable bonds is 2. The zero-order valence-corrected chi connectivity index (χ0v) is 17.3. The minimum atomic E-state index is -5.35. The van der Waals surface area contributed by atoms with Gasteiger partial charge in [0.05, 0.1) is 16.8 Å². The van der Waals surface area contributed by atoms with Crippen LogP contribution in [0.25, 0.3) is 11.1 Å². The average Bonchev–Trinajstić information content (AvgIpc) is 2.87. The quantitative estimate of drug-likeness (QED) is 0.483. The van der Waals surface area contributed by atoms with Crippen molar-refractivity contribution in [3.8, 4) is 11.1 Å². The number of carbonyl (C=O) groups excluding carboxylic acids is 3. The Bertz CT molecular complexity index is 1210. The number of benzene rings is 2. The van der Waals surface area contributed by atoms with Gasteiger partial charge in [0.15, 0.2) is 12.3 Å². The number of piperazine rings is 1. The number of hydrogen-bond acceptors (Lipinski definition) is 5. The van der Waals surface area contributed by atoms with Crippen LogP contribution in [0, 0.1) is 5.82 Å². The molecule has 35 heavy (non-hydrogen) atoms. The molecule has 1 saturated heterocycles. The van der Waals surface area contributed by atoms with Gasteiger partial charge < -0.3 is 15.0 Å². The van der Waals surface area contributed by atoms with Gasteiger partial charge in [-0.25, -0.2) is 9.18 Å². The number of fused-ring (bicyclic) bond motifs is 2. The summed E-state index contributed by atoms with van der Waals surface area (Å²) in [5.74, 6) is -5.42. The minimum Gasteiger partial charge on any atom is -0.437 e. The van der Waals surface area contributed by atoms with E-state index < -0.39 is 59.4 Å². The van der Waals surface area contributed by atoms with Crippen molar-refractivity contribution in [2.75, 3.05) is 18.4 Å². The predicted octanol–water partition coefficient (Wildman–Crippen LogP) is 3.31. The van der Waals surface area contributed by atoms with Gasteiger partial charge in [-0.2, -0.15) is 26.3 Å². The average molecular weight is 505 g/mol. The predicted molar refractivity (Wildman–Crippen MR) is 104 cm³/mol. The summed E-state index contributed by atoms with van der Waals surface area (Å²) >= 11 is 0. The van der Waals surface area contributed by atoms with E-state index in [1.807, 2.05) is 0 Å². The van der Waals surface area contributed by atoms with Crippen molar-refractivity contribution in [3.05, 3.63) is 53.3 Å². The SMILES string of the molecule is O=C1Nc2ccc(-c3cc(C(F)(F)F)ccc3F)cc2C(=O)N2CCNC(OC(=O)C(F)(F)F)[C@H]12. The number of amides is 2. The number of esters is 1. The van der Waals surface area contributed by atoms with Gasteiger partial charge in [0, 0.05) is 18.7 Å². The third-order valence-electron chi connectivity index (χ3n) is 5.43. The fourth-order valence-corrected chi connectivity index (χ4v) is 3.82. The fraction of sp³-hybridized carbons (Fsp3) is 0.286. The third-order valence-corrected chi connectivity index (χ3v) is 5.43. The van der Waals surface area contributed by atoms with Crippen molar-refractivity contribution in [2.24, 2.45) is 0 Å². The van der Waals surface area contributed by atoms with E-state index >= 15 is 0 Å². The molecule has 14 heteroatoms. The van der Waals surface area contributed by atoms with Gasteiger partial charge in [0.2, 0.25) is 0 Å². The summed E-state index contributed by atoms with van der Waals surface area (Å²) in [6.07, 6.45) is -11.9. The molecule has 0 spiro atoms. The van der Waals surface area contributed by atoms with E-state index in [4.69, 9.17) is 0 Å². The lowest BCUT2D eigenvalue weighted by Gasteiger charge is -2.38. The van der Waals surface area contributed by atoms with Crippen molar-refractivity contribution in [1.29, 1.82) is 0 Å². The normalized spacial score (nSPS) is 20.5. The standard InChI is InChI=1S/C21H14F7N3O4/c22-13-3-2-10(20(23,24)25)8-11(13)9-1-4-14-12(7-9)18(33)31-6-5-29-17(15(31)16(32)30-14)35-19(34)21(26,27)28/h1-4,7-8,15,17,29H,5-6H2,(H,30,32)/t15-,17?/m0/s1. The topological polar surface area (TPSA) is 87.7 Å². The van der Waals surface area contributed by atoms with Crippen LogP contribution in [0.15, 0.2) is 36.4 Å². The van der Waals surface area contributed by atoms with E-state index in [0.717, 1.165) is 17.0 Å². The third kappa shape index (κ3) is 4.65. The highest BCUT2D eigenvalue weighted by Gasteiger charge is 2.49. The number of ether oxygens (including phenoxy) is 1. The second kappa shape index (κ2) is 8.52. The summed E-state index contributed by atoms with van der Waals surface area (Å²) in [5.41, 5.74) is -2.03. The van der Waals surface area contributed by atoms with Gasteiger partial charge in [0.25, 0.3) is 11.8 Å². The molecule has 2 heterocycles. The van der Waals surface area contributed by atoms with E-state index in [1.165, 1.54) is 6.07 Å². The summed E-state index contributed by atoms with van der Waals surface area (Å²) in [4.78, 5) is 38.1. The van der Waals surface area contributed by atoms with Crippen LogP contribution in [0.3, 0.4) is 0 Å². The molecule has 7 nitrogen and oxygen atoms in total. The maximum atomic E-state index is 14.4. The number of halogens is 7. The molecule has 2 amide bonds. The maximum Gasteiger partial charge on any atom is 0.490 e.